The standard InChI is InChI=1S/C24H25NO4/c1-14-11-20(28-16(3)23(26)25-18-9-10-18)22-15(2)19(24(27)29-21(22)12-14)13-17-7-5-4-6-8-17/h4-8,11-12,16,18H,9-10,13H2,1-3H3,(H,25,26)/t16-/m1/s1. The number of rotatable bonds is 6. The van der Waals surface area contributed by atoms with Crippen LogP contribution in [0.5, 0.6) is 5.75 Å². The van der Waals surface area contributed by atoms with Gasteiger partial charge in [-0.05, 0) is 62.4 Å². The predicted molar refractivity (Wildman–Crippen MR) is 112 cm³/mol. The molecule has 0 unspecified atom stereocenters. The molecule has 1 atom stereocenters. The summed E-state index contributed by atoms with van der Waals surface area (Å²) in [5, 5.41) is 3.71. The van der Waals surface area contributed by atoms with Crippen molar-refractivity contribution in [3.63, 3.8) is 0 Å². The SMILES string of the molecule is Cc1cc(O[C@H](C)C(=O)NC2CC2)c2c(C)c(Cc3ccccc3)c(=O)oc2c1. The highest BCUT2D eigenvalue weighted by atomic mass is 16.5. The molecule has 5 heteroatoms. The highest BCUT2D eigenvalue weighted by molar-refractivity contribution is 5.89. The summed E-state index contributed by atoms with van der Waals surface area (Å²) < 4.78 is 11.7. The molecule has 1 saturated carbocycles. The fraction of sp³-hybridized carbons (Fsp3) is 0.333. The normalized spacial score (nSPS) is 14.6. The van der Waals surface area contributed by atoms with Crippen molar-refractivity contribution in [2.45, 2.75) is 52.2 Å². The smallest absolute Gasteiger partial charge is 0.340 e. The molecule has 2 aromatic carbocycles. The molecule has 0 radical (unpaired) electrons. The second-order valence-corrected chi connectivity index (χ2v) is 7.83. The second kappa shape index (κ2) is 7.74. The Morgan fingerprint density at radius 3 is 2.62 bits per heavy atom. The molecule has 1 N–H and O–H groups in total. The Morgan fingerprint density at radius 1 is 1.21 bits per heavy atom. The van der Waals surface area contributed by atoms with E-state index in [1.807, 2.05) is 56.3 Å². The van der Waals surface area contributed by atoms with Crippen LogP contribution < -0.4 is 15.7 Å². The Bertz CT molecular complexity index is 1110. The van der Waals surface area contributed by atoms with Crippen LogP contribution in [0.3, 0.4) is 0 Å². The Morgan fingerprint density at radius 2 is 1.93 bits per heavy atom. The molecule has 0 spiro atoms. The molecule has 4 rings (SSSR count). The van der Waals surface area contributed by atoms with Crippen LogP contribution in [-0.2, 0) is 11.2 Å². The maximum atomic E-state index is 12.7. The number of amides is 1. The van der Waals surface area contributed by atoms with Gasteiger partial charge in [-0.25, -0.2) is 4.79 Å². The number of aryl methyl sites for hydroxylation is 2. The van der Waals surface area contributed by atoms with Crippen LogP contribution in [0.15, 0.2) is 51.7 Å². The first kappa shape index (κ1) is 19.2. The maximum absolute atomic E-state index is 12.7. The molecule has 1 aromatic heterocycles. The van der Waals surface area contributed by atoms with Gasteiger partial charge in [-0.1, -0.05) is 30.3 Å². The van der Waals surface area contributed by atoms with Crippen LogP contribution in [0.2, 0.25) is 0 Å². The molecule has 29 heavy (non-hydrogen) atoms. The van der Waals surface area contributed by atoms with Gasteiger partial charge >= 0.3 is 5.63 Å². The van der Waals surface area contributed by atoms with Crippen molar-refractivity contribution in [1.82, 2.24) is 5.32 Å². The Labute approximate surface area is 169 Å². The van der Waals surface area contributed by atoms with Gasteiger partial charge in [-0.15, -0.1) is 0 Å². The molecule has 1 heterocycles. The van der Waals surface area contributed by atoms with Gasteiger partial charge in [0.15, 0.2) is 6.10 Å². The van der Waals surface area contributed by atoms with Gasteiger partial charge in [0.25, 0.3) is 5.91 Å². The summed E-state index contributed by atoms with van der Waals surface area (Å²) in [6, 6.07) is 13.8. The summed E-state index contributed by atoms with van der Waals surface area (Å²) in [5.74, 6) is 0.440. The van der Waals surface area contributed by atoms with Crippen molar-refractivity contribution in [3.8, 4) is 5.75 Å². The molecule has 5 nitrogen and oxygen atoms in total. The van der Waals surface area contributed by atoms with Crippen molar-refractivity contribution in [1.29, 1.82) is 0 Å². The van der Waals surface area contributed by atoms with E-state index in [1.54, 1.807) is 6.92 Å². The largest absolute Gasteiger partial charge is 0.480 e. The van der Waals surface area contributed by atoms with Gasteiger partial charge < -0.3 is 14.5 Å². The van der Waals surface area contributed by atoms with E-state index >= 15 is 0 Å². The van der Waals surface area contributed by atoms with Gasteiger partial charge in [0.1, 0.15) is 11.3 Å². The van der Waals surface area contributed by atoms with E-state index in [0.29, 0.717) is 23.3 Å². The number of ether oxygens (including phenoxy) is 1. The van der Waals surface area contributed by atoms with E-state index in [9.17, 15) is 9.59 Å². The van der Waals surface area contributed by atoms with Crippen LogP contribution in [0.4, 0.5) is 0 Å². The molecular weight excluding hydrogens is 366 g/mol. The molecular formula is C24H25NO4. The van der Waals surface area contributed by atoms with Crippen molar-refractivity contribution in [2.75, 3.05) is 0 Å². The first-order chi connectivity index (χ1) is 13.9. The summed E-state index contributed by atoms with van der Waals surface area (Å²) in [4.78, 5) is 25.0. The van der Waals surface area contributed by atoms with Crippen LogP contribution >= 0.6 is 0 Å². The highest BCUT2D eigenvalue weighted by Crippen LogP contribution is 2.32. The molecule has 1 amide bonds. The van der Waals surface area contributed by atoms with Crippen LogP contribution in [0.1, 0.15) is 42.0 Å². The van der Waals surface area contributed by atoms with Gasteiger partial charge in [0, 0.05) is 18.0 Å². The zero-order chi connectivity index (χ0) is 20.5. The summed E-state index contributed by atoms with van der Waals surface area (Å²) in [6.45, 7) is 5.56. The van der Waals surface area contributed by atoms with Crippen molar-refractivity contribution >= 4 is 16.9 Å². The zero-order valence-electron chi connectivity index (χ0n) is 17.0. The Balaban J connectivity index is 1.74. The third-order valence-electron chi connectivity index (χ3n) is 5.31. The first-order valence-corrected chi connectivity index (χ1v) is 10.0. The lowest BCUT2D eigenvalue weighted by Gasteiger charge is -2.18. The van der Waals surface area contributed by atoms with Crippen LogP contribution in [0, 0.1) is 13.8 Å². The van der Waals surface area contributed by atoms with Gasteiger partial charge in [0.05, 0.1) is 5.39 Å². The zero-order valence-corrected chi connectivity index (χ0v) is 17.0. The quantitative estimate of drug-likeness (QED) is 0.644. The Kier molecular flexibility index (Phi) is 5.14. The number of carbonyl (C=O) groups excluding carboxylic acids is 1. The minimum absolute atomic E-state index is 0.123. The highest BCUT2D eigenvalue weighted by Gasteiger charge is 2.27. The number of nitrogens with one attached hydrogen (secondary N) is 1. The lowest BCUT2D eigenvalue weighted by atomic mass is 9.98. The number of fused-ring (bicyclic) bond motifs is 1. The minimum Gasteiger partial charge on any atom is -0.480 e. The molecule has 1 aliphatic carbocycles. The van der Waals surface area contributed by atoms with Gasteiger partial charge in [-0.3, -0.25) is 4.79 Å². The fourth-order valence-corrected chi connectivity index (χ4v) is 3.52. The minimum atomic E-state index is -0.635. The average molecular weight is 391 g/mol. The van der Waals surface area contributed by atoms with E-state index < -0.39 is 6.10 Å². The maximum Gasteiger partial charge on any atom is 0.340 e. The van der Waals surface area contributed by atoms with Crippen LogP contribution in [0.25, 0.3) is 11.0 Å². The first-order valence-electron chi connectivity index (χ1n) is 10.0. The summed E-state index contributed by atoms with van der Waals surface area (Å²) in [7, 11) is 0. The van der Waals surface area contributed by atoms with E-state index in [2.05, 4.69) is 5.32 Å². The molecule has 1 aliphatic rings. The lowest BCUT2D eigenvalue weighted by molar-refractivity contribution is -0.127. The topological polar surface area (TPSA) is 68.5 Å². The predicted octanol–water partition coefficient (Wildman–Crippen LogP) is 4.05. The van der Waals surface area contributed by atoms with Gasteiger partial charge in [-0.2, -0.15) is 0 Å². The molecule has 150 valence electrons. The van der Waals surface area contributed by atoms with Crippen molar-refractivity contribution in [3.05, 3.63) is 75.1 Å². The number of carbonyl (C=O) groups is 1. The van der Waals surface area contributed by atoms with Crippen molar-refractivity contribution < 1.29 is 13.9 Å². The van der Waals surface area contributed by atoms with E-state index in [4.69, 9.17) is 9.15 Å². The van der Waals surface area contributed by atoms with E-state index in [1.165, 1.54) is 0 Å². The van der Waals surface area contributed by atoms with Crippen LogP contribution in [-0.4, -0.2) is 18.1 Å². The lowest BCUT2D eigenvalue weighted by Crippen LogP contribution is -2.37. The molecule has 0 bridgehead atoms. The fourth-order valence-electron chi connectivity index (χ4n) is 3.52. The summed E-state index contributed by atoms with van der Waals surface area (Å²) in [5.41, 5.74) is 3.51. The molecule has 0 aliphatic heterocycles. The van der Waals surface area contributed by atoms with E-state index in [-0.39, 0.29) is 17.6 Å². The third kappa shape index (κ3) is 4.19. The van der Waals surface area contributed by atoms with E-state index in [0.717, 1.165) is 34.9 Å². The Hall–Kier alpha value is -3.08. The molecule has 3 aromatic rings. The third-order valence-corrected chi connectivity index (χ3v) is 5.31. The van der Waals surface area contributed by atoms with Crippen molar-refractivity contribution in [2.24, 2.45) is 0 Å². The summed E-state index contributed by atoms with van der Waals surface area (Å²) >= 11 is 0. The number of hydrogen-bond acceptors (Lipinski definition) is 4. The number of benzene rings is 2. The monoisotopic (exact) mass is 391 g/mol. The summed E-state index contributed by atoms with van der Waals surface area (Å²) in [6.07, 6.45) is 1.90. The molecule has 0 saturated heterocycles. The van der Waals surface area contributed by atoms with Gasteiger partial charge in [0.2, 0.25) is 0 Å². The number of hydrogen-bond donors (Lipinski definition) is 1. The molecule has 1 fully saturated rings. The second-order valence-electron chi connectivity index (χ2n) is 7.83. The average Bonchev–Trinajstić information content (AvgIpc) is 3.49.